The number of nitrogens with zero attached hydrogens (tertiary/aromatic N) is 1. The van der Waals surface area contributed by atoms with Gasteiger partial charge in [0.25, 0.3) is 5.91 Å². The molecular formula is C27H31N3O3S. The van der Waals surface area contributed by atoms with Crippen LogP contribution < -0.4 is 14.9 Å². The number of aryl methyl sites for hydroxylation is 1. The molecule has 6 nitrogen and oxygen atoms in total. The molecule has 178 valence electrons. The number of hydrogen-bond donors (Lipinski definition) is 2. The lowest BCUT2D eigenvalue weighted by Gasteiger charge is -2.22. The number of amides is 1. The number of sulfonamides is 1. The van der Waals surface area contributed by atoms with E-state index in [9.17, 15) is 13.2 Å². The second-order valence-electron chi connectivity index (χ2n) is 9.74. The first-order chi connectivity index (χ1) is 16.0. The zero-order valence-corrected chi connectivity index (χ0v) is 20.9. The van der Waals surface area contributed by atoms with Gasteiger partial charge in [0.05, 0.1) is 4.90 Å². The SMILES string of the molecule is Cc1ccc(S(=O)(=O)NC(C)(C)C)cc1C(=O)Nc1ccccc1CN1CCc2ccccc21. The maximum atomic E-state index is 13.2. The van der Waals surface area contributed by atoms with E-state index < -0.39 is 15.6 Å². The smallest absolute Gasteiger partial charge is 0.255 e. The Morgan fingerprint density at radius 2 is 1.71 bits per heavy atom. The Morgan fingerprint density at radius 3 is 2.47 bits per heavy atom. The highest BCUT2D eigenvalue weighted by atomic mass is 32.2. The van der Waals surface area contributed by atoms with Crippen molar-refractivity contribution in [2.45, 2.75) is 51.1 Å². The highest BCUT2D eigenvalue weighted by molar-refractivity contribution is 7.89. The van der Waals surface area contributed by atoms with E-state index in [1.165, 1.54) is 23.4 Å². The molecule has 3 aromatic carbocycles. The number of nitrogens with one attached hydrogen (secondary N) is 2. The van der Waals surface area contributed by atoms with Gasteiger partial charge in [-0.25, -0.2) is 13.1 Å². The third-order valence-corrected chi connectivity index (χ3v) is 7.57. The monoisotopic (exact) mass is 477 g/mol. The van der Waals surface area contributed by atoms with Gasteiger partial charge in [0.1, 0.15) is 0 Å². The van der Waals surface area contributed by atoms with Crippen LogP contribution in [0.2, 0.25) is 0 Å². The molecule has 2 N–H and O–H groups in total. The predicted octanol–water partition coefficient (Wildman–Crippen LogP) is 4.89. The summed E-state index contributed by atoms with van der Waals surface area (Å²) < 4.78 is 28.2. The molecule has 0 saturated heterocycles. The number of anilines is 2. The normalized spacial score (nSPS) is 13.6. The van der Waals surface area contributed by atoms with E-state index in [-0.39, 0.29) is 10.8 Å². The molecule has 0 saturated carbocycles. The summed E-state index contributed by atoms with van der Waals surface area (Å²) in [6.07, 6.45) is 1.01. The quantitative estimate of drug-likeness (QED) is 0.530. The minimum atomic E-state index is -3.75. The Labute approximate surface area is 202 Å². The fraction of sp³-hybridized carbons (Fsp3) is 0.296. The molecule has 3 aromatic rings. The zero-order valence-electron chi connectivity index (χ0n) is 20.1. The van der Waals surface area contributed by atoms with Gasteiger partial charge in [-0.3, -0.25) is 4.79 Å². The van der Waals surface area contributed by atoms with Gasteiger partial charge in [-0.2, -0.15) is 0 Å². The molecule has 0 unspecified atom stereocenters. The van der Waals surface area contributed by atoms with Crippen LogP contribution in [0.25, 0.3) is 0 Å². The lowest BCUT2D eigenvalue weighted by atomic mass is 10.1. The predicted molar refractivity (Wildman–Crippen MR) is 137 cm³/mol. The van der Waals surface area contributed by atoms with Crippen molar-refractivity contribution in [1.82, 2.24) is 4.72 Å². The van der Waals surface area contributed by atoms with Crippen molar-refractivity contribution in [3.8, 4) is 0 Å². The molecule has 0 spiro atoms. The molecule has 0 atom stereocenters. The molecule has 1 amide bonds. The van der Waals surface area contributed by atoms with Crippen molar-refractivity contribution in [3.63, 3.8) is 0 Å². The van der Waals surface area contributed by atoms with Crippen molar-refractivity contribution >= 4 is 27.3 Å². The number of fused-ring (bicyclic) bond motifs is 1. The van der Waals surface area contributed by atoms with E-state index in [1.54, 1.807) is 33.8 Å². The van der Waals surface area contributed by atoms with E-state index in [2.05, 4.69) is 33.1 Å². The number of hydrogen-bond acceptors (Lipinski definition) is 4. The summed E-state index contributed by atoms with van der Waals surface area (Å²) in [4.78, 5) is 15.6. The largest absolute Gasteiger partial charge is 0.367 e. The van der Waals surface area contributed by atoms with Crippen LogP contribution >= 0.6 is 0 Å². The minimum Gasteiger partial charge on any atom is -0.367 e. The molecule has 4 rings (SSSR count). The van der Waals surface area contributed by atoms with Crippen molar-refractivity contribution in [2.24, 2.45) is 0 Å². The van der Waals surface area contributed by atoms with Gasteiger partial charge in [0, 0.05) is 35.6 Å². The third kappa shape index (κ3) is 5.32. The van der Waals surface area contributed by atoms with Gasteiger partial charge in [0.15, 0.2) is 0 Å². The average Bonchev–Trinajstić information content (AvgIpc) is 3.16. The fourth-order valence-electron chi connectivity index (χ4n) is 4.22. The molecule has 0 fully saturated rings. The van der Waals surface area contributed by atoms with Gasteiger partial charge in [0.2, 0.25) is 10.0 Å². The first-order valence-corrected chi connectivity index (χ1v) is 12.9. The molecule has 0 radical (unpaired) electrons. The van der Waals surface area contributed by atoms with Crippen molar-refractivity contribution in [1.29, 1.82) is 0 Å². The topological polar surface area (TPSA) is 78.5 Å². The van der Waals surface area contributed by atoms with E-state index in [0.717, 1.165) is 24.2 Å². The van der Waals surface area contributed by atoms with Crippen LogP contribution in [0, 0.1) is 6.92 Å². The molecule has 0 aliphatic carbocycles. The lowest BCUT2D eigenvalue weighted by molar-refractivity contribution is 0.102. The molecular weight excluding hydrogens is 446 g/mol. The summed E-state index contributed by atoms with van der Waals surface area (Å²) >= 11 is 0. The van der Waals surface area contributed by atoms with Crippen molar-refractivity contribution in [3.05, 3.63) is 89.0 Å². The van der Waals surface area contributed by atoms with Crippen molar-refractivity contribution in [2.75, 3.05) is 16.8 Å². The molecule has 1 aliphatic heterocycles. The first-order valence-electron chi connectivity index (χ1n) is 11.4. The Hall–Kier alpha value is -3.16. The molecule has 0 bridgehead atoms. The molecule has 7 heteroatoms. The maximum Gasteiger partial charge on any atom is 0.255 e. The number of para-hydroxylation sites is 2. The fourth-order valence-corrected chi connectivity index (χ4v) is 5.67. The van der Waals surface area contributed by atoms with E-state index in [0.29, 0.717) is 17.7 Å². The number of rotatable bonds is 6. The average molecular weight is 478 g/mol. The summed E-state index contributed by atoms with van der Waals surface area (Å²) in [6, 6.07) is 20.8. The molecule has 34 heavy (non-hydrogen) atoms. The number of carbonyl (C=O) groups is 1. The van der Waals surface area contributed by atoms with Crippen LogP contribution in [0.15, 0.2) is 71.6 Å². The van der Waals surface area contributed by atoms with Gasteiger partial charge >= 0.3 is 0 Å². The van der Waals surface area contributed by atoms with E-state index in [4.69, 9.17) is 0 Å². The maximum absolute atomic E-state index is 13.2. The highest BCUT2D eigenvalue weighted by Gasteiger charge is 2.24. The summed E-state index contributed by atoms with van der Waals surface area (Å²) in [6.45, 7) is 8.75. The Bertz CT molecular complexity index is 1330. The standard InChI is InChI=1S/C27H31N3O3S/c1-19-13-14-22(34(32,33)29-27(2,3)4)17-23(19)26(31)28-24-11-7-5-10-21(24)18-30-16-15-20-9-6-8-12-25(20)30/h5-14,17,29H,15-16,18H2,1-4H3,(H,28,31). The van der Waals surface area contributed by atoms with Crippen LogP contribution in [-0.2, 0) is 23.0 Å². The highest BCUT2D eigenvalue weighted by Crippen LogP contribution is 2.30. The van der Waals surface area contributed by atoms with E-state index >= 15 is 0 Å². The van der Waals surface area contributed by atoms with Gasteiger partial charge in [-0.05, 0) is 75.1 Å². The molecule has 1 heterocycles. The summed E-state index contributed by atoms with van der Waals surface area (Å²) in [5.41, 5.74) is 4.70. The van der Waals surface area contributed by atoms with Crippen LogP contribution in [0.1, 0.15) is 47.8 Å². The van der Waals surface area contributed by atoms with Crippen LogP contribution in [0.5, 0.6) is 0 Å². The summed E-state index contributed by atoms with van der Waals surface area (Å²) in [7, 11) is -3.75. The zero-order chi connectivity index (χ0) is 24.5. The minimum absolute atomic E-state index is 0.0696. The third-order valence-electron chi connectivity index (χ3n) is 5.81. The van der Waals surface area contributed by atoms with Crippen molar-refractivity contribution < 1.29 is 13.2 Å². The van der Waals surface area contributed by atoms with Crippen LogP contribution in [0.3, 0.4) is 0 Å². The van der Waals surface area contributed by atoms with Gasteiger partial charge in [-0.15, -0.1) is 0 Å². The Balaban J connectivity index is 1.57. The Kier molecular flexibility index (Phi) is 6.51. The second kappa shape index (κ2) is 9.24. The van der Waals surface area contributed by atoms with Crippen LogP contribution in [0.4, 0.5) is 11.4 Å². The van der Waals surface area contributed by atoms with E-state index in [1.807, 2.05) is 30.3 Å². The van der Waals surface area contributed by atoms with Gasteiger partial charge in [-0.1, -0.05) is 42.5 Å². The number of carbonyl (C=O) groups excluding carboxylic acids is 1. The summed E-state index contributed by atoms with van der Waals surface area (Å²) in [5.74, 6) is -0.334. The second-order valence-corrected chi connectivity index (χ2v) is 11.4. The first kappa shape index (κ1) is 24.0. The van der Waals surface area contributed by atoms with Crippen LogP contribution in [-0.4, -0.2) is 26.4 Å². The van der Waals surface area contributed by atoms with Gasteiger partial charge < -0.3 is 10.2 Å². The number of benzene rings is 3. The molecule has 1 aliphatic rings. The molecule has 0 aromatic heterocycles. The summed E-state index contributed by atoms with van der Waals surface area (Å²) in [5, 5.41) is 3.01. The Morgan fingerprint density at radius 1 is 1.00 bits per heavy atom. The lowest BCUT2D eigenvalue weighted by Crippen LogP contribution is -2.40.